The van der Waals surface area contributed by atoms with Gasteiger partial charge >= 0.3 is 57.6 Å². The smallest absolute Gasteiger partial charge is 0.403 e. The molecular weight excluding hydrogens is 391 g/mol. The molecule has 2 unspecified atom stereocenters. The summed E-state index contributed by atoms with van der Waals surface area (Å²) in [6.45, 7) is 2.39. The molecule has 4 rings (SSSR count). The Balaban J connectivity index is 0.00000210. The molecule has 0 aliphatic carbocycles. The standard InChI is InChI=1S/C18H17F4N2O2.K/c1-16-2-3-17(26-16)4-5-25-15(13(17)8-16)24-10-6-12(18(20,21)22)11(9-23)14(19)7-10;/h6-8,13,15,24H,2-5H2,1H3;/q-1;+1/t13-,15-,16?,17?;/m0./s1. The number of halogens is 4. The minimum atomic E-state index is -4.83. The quantitative estimate of drug-likeness (QED) is 0.451. The van der Waals surface area contributed by atoms with Crippen LogP contribution < -0.4 is 56.7 Å². The van der Waals surface area contributed by atoms with E-state index >= 15 is 0 Å². The van der Waals surface area contributed by atoms with Gasteiger partial charge in [0, 0.05) is 11.3 Å². The Bertz CT molecular complexity index is 793. The number of nitrogens with one attached hydrogen (secondary N) is 1. The van der Waals surface area contributed by atoms with E-state index in [1.54, 1.807) is 0 Å². The van der Waals surface area contributed by atoms with E-state index in [-0.39, 0.29) is 74.2 Å². The Labute approximate surface area is 197 Å². The molecular formula is C18H17F4KN2O2. The molecule has 4 nitrogen and oxygen atoms in total. The molecule has 1 aromatic carbocycles. The third-order valence-electron chi connectivity index (χ3n) is 5.59. The van der Waals surface area contributed by atoms with Crippen molar-refractivity contribution < 1.29 is 78.4 Å². The van der Waals surface area contributed by atoms with Gasteiger partial charge in [0.25, 0.3) is 0 Å². The van der Waals surface area contributed by atoms with E-state index in [0.717, 1.165) is 31.4 Å². The monoisotopic (exact) mass is 408 g/mol. The first kappa shape index (κ1) is 21.5. The normalized spacial score (nSPS) is 34.5. The van der Waals surface area contributed by atoms with E-state index in [4.69, 9.17) is 14.7 Å². The maximum absolute atomic E-state index is 14.0. The third kappa shape index (κ3) is 3.70. The number of hydrogen-bond acceptors (Lipinski definition) is 4. The maximum atomic E-state index is 14.0. The summed E-state index contributed by atoms with van der Waals surface area (Å²) < 4.78 is 65.4. The average molecular weight is 408 g/mol. The van der Waals surface area contributed by atoms with Gasteiger partial charge in [-0.15, -0.1) is 0 Å². The minimum Gasteiger partial charge on any atom is -0.403 e. The first-order valence-electron chi connectivity index (χ1n) is 8.41. The van der Waals surface area contributed by atoms with Crippen LogP contribution in [-0.4, -0.2) is 24.0 Å². The van der Waals surface area contributed by atoms with Gasteiger partial charge in [0.05, 0.1) is 12.2 Å². The van der Waals surface area contributed by atoms with Crippen LogP contribution in [0, 0.1) is 29.5 Å². The van der Waals surface area contributed by atoms with Crippen LogP contribution in [0.2, 0.25) is 0 Å². The fourth-order valence-electron chi connectivity index (χ4n) is 4.40. The van der Waals surface area contributed by atoms with Crippen molar-refractivity contribution in [3.05, 3.63) is 35.5 Å². The molecule has 1 N–H and O–H groups in total. The maximum Gasteiger partial charge on any atom is 1.00 e. The summed E-state index contributed by atoms with van der Waals surface area (Å²) in [5, 5.41) is 11.7. The molecule has 0 aromatic heterocycles. The molecule has 1 aromatic rings. The van der Waals surface area contributed by atoms with E-state index in [1.165, 1.54) is 6.07 Å². The number of nitrogens with zero attached hydrogens (tertiary/aromatic N) is 1. The average Bonchev–Trinajstić information content (AvgIpc) is 3.04. The second kappa shape index (κ2) is 7.24. The van der Waals surface area contributed by atoms with Gasteiger partial charge in [0.1, 0.15) is 23.7 Å². The zero-order valence-corrected chi connectivity index (χ0v) is 18.1. The van der Waals surface area contributed by atoms with Crippen LogP contribution in [0.5, 0.6) is 0 Å². The molecule has 27 heavy (non-hydrogen) atoms. The van der Waals surface area contributed by atoms with Crippen molar-refractivity contribution in [2.75, 3.05) is 11.9 Å². The van der Waals surface area contributed by atoms with E-state index in [2.05, 4.69) is 5.32 Å². The molecule has 3 fully saturated rings. The number of anilines is 1. The number of alkyl halides is 3. The number of nitriles is 1. The van der Waals surface area contributed by atoms with Gasteiger partial charge in [0.2, 0.25) is 0 Å². The van der Waals surface area contributed by atoms with Crippen LogP contribution in [0.25, 0.3) is 0 Å². The Morgan fingerprint density at radius 2 is 2.04 bits per heavy atom. The SMILES string of the molecule is CC12[CH-][C@H]3[C@@H](Nc4cc(F)c(C#N)c(C(F)(F)F)c4)OCCC3(CC1)O2.[K+]. The fourth-order valence-corrected chi connectivity index (χ4v) is 4.40. The summed E-state index contributed by atoms with van der Waals surface area (Å²) >= 11 is 0. The van der Waals surface area contributed by atoms with E-state index in [9.17, 15) is 17.6 Å². The molecule has 3 saturated heterocycles. The molecule has 0 radical (unpaired) electrons. The molecule has 3 aliphatic rings. The Kier molecular flexibility index (Phi) is 5.76. The molecule has 140 valence electrons. The first-order valence-corrected chi connectivity index (χ1v) is 8.41. The zero-order valence-electron chi connectivity index (χ0n) is 15.0. The summed E-state index contributed by atoms with van der Waals surface area (Å²) in [5.41, 5.74) is -3.11. The van der Waals surface area contributed by atoms with Crippen LogP contribution in [0.3, 0.4) is 0 Å². The third-order valence-corrected chi connectivity index (χ3v) is 5.59. The molecule has 9 heteroatoms. The molecule has 0 saturated carbocycles. The van der Waals surface area contributed by atoms with Crippen LogP contribution in [0.1, 0.15) is 37.3 Å². The number of ether oxygens (including phenoxy) is 2. The Morgan fingerprint density at radius 1 is 1.30 bits per heavy atom. The van der Waals surface area contributed by atoms with Crippen molar-refractivity contribution >= 4 is 5.69 Å². The number of benzene rings is 1. The minimum absolute atomic E-state index is 0. The van der Waals surface area contributed by atoms with Crippen molar-refractivity contribution in [2.24, 2.45) is 5.92 Å². The topological polar surface area (TPSA) is 54.3 Å². The van der Waals surface area contributed by atoms with Crippen LogP contribution >= 0.6 is 0 Å². The van der Waals surface area contributed by atoms with Gasteiger partial charge in [-0.2, -0.15) is 18.4 Å². The van der Waals surface area contributed by atoms with Crippen LogP contribution in [0.4, 0.5) is 23.2 Å². The number of rotatable bonds is 2. The molecule has 2 bridgehead atoms. The summed E-state index contributed by atoms with van der Waals surface area (Å²) in [6.07, 6.45) is -0.913. The number of hydrogen-bond donors (Lipinski definition) is 1. The van der Waals surface area contributed by atoms with Gasteiger partial charge in [0.15, 0.2) is 0 Å². The van der Waals surface area contributed by atoms with E-state index in [0.29, 0.717) is 6.61 Å². The predicted octanol–water partition coefficient (Wildman–Crippen LogP) is 1.02. The summed E-state index contributed by atoms with van der Waals surface area (Å²) in [6, 6.07) is 2.93. The second-order valence-electron chi connectivity index (χ2n) is 7.35. The molecule has 3 aliphatic heterocycles. The zero-order chi connectivity index (χ0) is 18.7. The predicted molar refractivity (Wildman–Crippen MR) is 83.3 cm³/mol. The van der Waals surface area contributed by atoms with Crippen molar-refractivity contribution in [1.29, 1.82) is 5.26 Å². The van der Waals surface area contributed by atoms with Gasteiger partial charge in [-0.1, -0.05) is 18.4 Å². The second-order valence-corrected chi connectivity index (χ2v) is 7.35. The van der Waals surface area contributed by atoms with Crippen molar-refractivity contribution in [2.45, 2.75) is 49.8 Å². The van der Waals surface area contributed by atoms with Crippen molar-refractivity contribution in [3.8, 4) is 6.07 Å². The van der Waals surface area contributed by atoms with Gasteiger partial charge in [-0.3, -0.25) is 6.42 Å². The van der Waals surface area contributed by atoms with Gasteiger partial charge in [-0.25, -0.2) is 4.39 Å². The van der Waals surface area contributed by atoms with Gasteiger partial charge in [-0.05, 0) is 31.4 Å². The molecule has 1 spiro atoms. The largest absolute Gasteiger partial charge is 1.00 e. The summed E-state index contributed by atoms with van der Waals surface area (Å²) in [4.78, 5) is 0. The summed E-state index contributed by atoms with van der Waals surface area (Å²) in [7, 11) is 0. The Hall–Kier alpha value is -0.214. The van der Waals surface area contributed by atoms with Crippen molar-refractivity contribution in [1.82, 2.24) is 0 Å². The van der Waals surface area contributed by atoms with E-state index < -0.39 is 29.3 Å². The first-order chi connectivity index (χ1) is 12.2. The fraction of sp³-hybridized carbons (Fsp3) is 0.556. The molecule has 0 amide bonds. The van der Waals surface area contributed by atoms with Crippen LogP contribution in [0.15, 0.2) is 12.1 Å². The van der Waals surface area contributed by atoms with E-state index in [1.807, 2.05) is 13.3 Å². The summed E-state index contributed by atoms with van der Waals surface area (Å²) in [5.74, 6) is -1.35. The van der Waals surface area contributed by atoms with Crippen LogP contribution in [-0.2, 0) is 15.7 Å². The van der Waals surface area contributed by atoms with Crippen molar-refractivity contribution in [3.63, 3.8) is 0 Å². The Morgan fingerprint density at radius 3 is 2.67 bits per heavy atom. The van der Waals surface area contributed by atoms with Gasteiger partial charge < -0.3 is 14.8 Å². The molecule has 4 atom stereocenters. The molecule has 3 heterocycles. The number of fused-ring (bicyclic) bond motifs is 1.